The molecule has 1 aliphatic rings. The van der Waals surface area contributed by atoms with Crippen LogP contribution in [0.25, 0.3) is 0 Å². The van der Waals surface area contributed by atoms with Crippen LogP contribution in [0.2, 0.25) is 0 Å². The van der Waals surface area contributed by atoms with Gasteiger partial charge in [-0.2, -0.15) is 0 Å². The molecule has 0 aliphatic carbocycles. The Morgan fingerprint density at radius 1 is 0.811 bits per heavy atom. The number of rotatable bonds is 14. The number of nitrogens with two attached hydrogens (primary N) is 1. The predicted molar refractivity (Wildman–Crippen MR) is 140 cm³/mol. The Bertz CT molecular complexity index is 815. The van der Waals surface area contributed by atoms with Gasteiger partial charge in [0.25, 0.3) is 0 Å². The van der Waals surface area contributed by atoms with E-state index in [1.807, 2.05) is 41.5 Å². The largest absolute Gasteiger partial charge is 0.480 e. The van der Waals surface area contributed by atoms with Crippen molar-refractivity contribution in [2.75, 3.05) is 6.54 Å². The molecule has 11 nitrogen and oxygen atoms in total. The monoisotopic (exact) mass is 525 g/mol. The summed E-state index contributed by atoms with van der Waals surface area (Å²) in [5.74, 6) is -2.67. The zero-order chi connectivity index (χ0) is 28.4. The molecule has 1 saturated heterocycles. The van der Waals surface area contributed by atoms with Gasteiger partial charge in [0.05, 0.1) is 6.04 Å². The van der Waals surface area contributed by atoms with Gasteiger partial charge in [0.1, 0.15) is 24.2 Å². The third kappa shape index (κ3) is 10.7. The molecule has 37 heavy (non-hydrogen) atoms. The number of likely N-dealkylation sites (tertiary alicyclic amines) is 1. The molecule has 1 aliphatic heterocycles. The summed E-state index contributed by atoms with van der Waals surface area (Å²) in [6.07, 6.45) is 2.21. The molecule has 0 aromatic carbocycles. The summed E-state index contributed by atoms with van der Waals surface area (Å²) >= 11 is 0. The molecule has 0 aromatic heterocycles. The summed E-state index contributed by atoms with van der Waals surface area (Å²) in [5.41, 5.74) is 6.05. The second-order valence-electron chi connectivity index (χ2n) is 11.4. The summed E-state index contributed by atoms with van der Waals surface area (Å²) in [6.45, 7) is 13.4. The summed E-state index contributed by atoms with van der Waals surface area (Å²) in [5, 5.41) is 17.3. The van der Waals surface area contributed by atoms with Gasteiger partial charge in [0, 0.05) is 6.54 Å². The van der Waals surface area contributed by atoms with Gasteiger partial charge in [-0.15, -0.1) is 0 Å². The van der Waals surface area contributed by atoms with E-state index in [1.165, 1.54) is 11.8 Å². The Labute approximate surface area is 220 Å². The van der Waals surface area contributed by atoms with Gasteiger partial charge >= 0.3 is 5.97 Å². The van der Waals surface area contributed by atoms with E-state index in [2.05, 4.69) is 16.0 Å². The van der Waals surface area contributed by atoms with Crippen molar-refractivity contribution in [3.05, 3.63) is 0 Å². The highest BCUT2D eigenvalue weighted by atomic mass is 16.4. The first-order valence-electron chi connectivity index (χ1n) is 13.3. The van der Waals surface area contributed by atoms with Gasteiger partial charge in [-0.05, 0) is 56.8 Å². The number of nitrogens with one attached hydrogen (secondary N) is 3. The van der Waals surface area contributed by atoms with Crippen LogP contribution in [0.3, 0.4) is 0 Å². The van der Waals surface area contributed by atoms with Gasteiger partial charge in [0.2, 0.25) is 23.6 Å². The zero-order valence-corrected chi connectivity index (χ0v) is 23.4. The van der Waals surface area contributed by atoms with Crippen LogP contribution in [0.15, 0.2) is 0 Å². The van der Waals surface area contributed by atoms with Crippen LogP contribution in [-0.2, 0) is 24.0 Å². The molecule has 0 spiro atoms. The summed E-state index contributed by atoms with van der Waals surface area (Å²) in [4.78, 5) is 64.6. The maximum absolute atomic E-state index is 13.0. The Morgan fingerprint density at radius 3 is 1.84 bits per heavy atom. The molecular formula is C26H47N5O6. The molecule has 1 fully saturated rings. The van der Waals surface area contributed by atoms with E-state index in [0.29, 0.717) is 32.2 Å². The third-order valence-electron chi connectivity index (χ3n) is 6.29. The molecule has 6 N–H and O–H groups in total. The molecule has 0 saturated carbocycles. The number of carboxylic acid groups (broad SMARTS) is 1. The van der Waals surface area contributed by atoms with Crippen LogP contribution in [0.1, 0.15) is 80.6 Å². The molecule has 0 aromatic rings. The van der Waals surface area contributed by atoms with Gasteiger partial charge < -0.3 is 31.7 Å². The fraction of sp³-hybridized carbons (Fsp3) is 0.808. The normalized spacial score (nSPS) is 18.9. The Kier molecular flexibility index (Phi) is 13.0. The van der Waals surface area contributed by atoms with Gasteiger partial charge in [-0.25, -0.2) is 4.79 Å². The highest BCUT2D eigenvalue weighted by molar-refractivity contribution is 5.95. The number of hydrogen-bond acceptors (Lipinski definition) is 6. The number of carbonyl (C=O) groups excluding carboxylic acids is 4. The van der Waals surface area contributed by atoms with E-state index in [4.69, 9.17) is 5.73 Å². The van der Waals surface area contributed by atoms with E-state index in [9.17, 15) is 29.1 Å². The lowest BCUT2D eigenvalue weighted by Gasteiger charge is -2.28. The minimum Gasteiger partial charge on any atom is -0.480 e. The van der Waals surface area contributed by atoms with E-state index < -0.39 is 53.9 Å². The molecule has 0 unspecified atom stereocenters. The Morgan fingerprint density at radius 2 is 1.32 bits per heavy atom. The van der Waals surface area contributed by atoms with Crippen LogP contribution < -0.4 is 21.7 Å². The molecule has 4 amide bonds. The lowest BCUT2D eigenvalue weighted by molar-refractivity contribution is -0.143. The first kappa shape index (κ1) is 32.3. The number of nitrogens with zero attached hydrogens (tertiary/aromatic N) is 1. The second kappa shape index (κ2) is 14.9. The number of amides is 4. The molecule has 0 bridgehead atoms. The van der Waals surface area contributed by atoms with E-state index >= 15 is 0 Å². The molecule has 212 valence electrons. The average molecular weight is 526 g/mol. The van der Waals surface area contributed by atoms with E-state index in [0.717, 1.165) is 0 Å². The highest BCUT2D eigenvalue weighted by Gasteiger charge is 2.37. The van der Waals surface area contributed by atoms with Crippen molar-refractivity contribution < 1.29 is 29.1 Å². The van der Waals surface area contributed by atoms with Crippen molar-refractivity contribution in [2.24, 2.45) is 23.5 Å². The van der Waals surface area contributed by atoms with Crippen molar-refractivity contribution in [1.82, 2.24) is 20.9 Å². The van der Waals surface area contributed by atoms with Crippen molar-refractivity contribution in [1.29, 1.82) is 0 Å². The van der Waals surface area contributed by atoms with E-state index in [1.54, 1.807) is 0 Å². The Hall–Kier alpha value is -2.69. The van der Waals surface area contributed by atoms with Gasteiger partial charge in [-0.3, -0.25) is 19.2 Å². The number of aliphatic carboxylic acids is 1. The highest BCUT2D eigenvalue weighted by Crippen LogP contribution is 2.20. The number of hydrogen-bond donors (Lipinski definition) is 5. The minimum absolute atomic E-state index is 0.0439. The van der Waals surface area contributed by atoms with Gasteiger partial charge in [-0.1, -0.05) is 41.5 Å². The maximum Gasteiger partial charge on any atom is 0.326 e. The number of carbonyl (C=O) groups is 5. The maximum atomic E-state index is 13.0. The molecular weight excluding hydrogens is 478 g/mol. The topological polar surface area (TPSA) is 171 Å². The van der Waals surface area contributed by atoms with Crippen LogP contribution in [0.4, 0.5) is 0 Å². The van der Waals surface area contributed by atoms with Crippen molar-refractivity contribution in [2.45, 2.75) is 111 Å². The first-order chi connectivity index (χ1) is 17.1. The zero-order valence-electron chi connectivity index (χ0n) is 23.4. The summed E-state index contributed by atoms with van der Waals surface area (Å²) in [6, 6.07) is -4.38. The molecule has 1 heterocycles. The predicted octanol–water partition coefficient (Wildman–Crippen LogP) is 1.00. The molecule has 5 atom stereocenters. The standard InChI is InChI=1S/C26H47N5O6/c1-14(2)11-18(27)25(35)31-10-8-9-21(31)24(34)28-17(7)22(32)29-19(12-15(3)4)23(33)30-20(26(36)37)13-16(5)6/h14-21H,8-13,27H2,1-7H3,(H,28,34)(H,29,32)(H,30,33)(H,36,37)/t17-,18-,19-,20-,21-/m0/s1. The fourth-order valence-electron chi connectivity index (χ4n) is 4.46. The quantitative estimate of drug-likeness (QED) is 0.225. The van der Waals surface area contributed by atoms with Crippen molar-refractivity contribution in [3.8, 4) is 0 Å². The summed E-state index contributed by atoms with van der Waals surface area (Å²) in [7, 11) is 0. The summed E-state index contributed by atoms with van der Waals surface area (Å²) < 4.78 is 0. The third-order valence-corrected chi connectivity index (χ3v) is 6.29. The van der Waals surface area contributed by atoms with Crippen molar-refractivity contribution in [3.63, 3.8) is 0 Å². The lowest BCUT2D eigenvalue weighted by atomic mass is 10.0. The second-order valence-corrected chi connectivity index (χ2v) is 11.4. The van der Waals surface area contributed by atoms with Crippen molar-refractivity contribution >= 4 is 29.6 Å². The van der Waals surface area contributed by atoms with Crippen LogP contribution in [0, 0.1) is 17.8 Å². The minimum atomic E-state index is -1.14. The molecule has 11 heteroatoms. The van der Waals surface area contributed by atoms with Crippen LogP contribution in [0.5, 0.6) is 0 Å². The number of carboxylic acids is 1. The SMILES string of the molecule is CC(C)C[C@H](NC(=O)[C@H](CC(C)C)NC(=O)[C@H](C)NC(=O)[C@@H]1CCCN1C(=O)[C@@H](N)CC(C)C)C(=O)O. The Balaban J connectivity index is 2.83. The average Bonchev–Trinajstić information content (AvgIpc) is 3.26. The van der Waals surface area contributed by atoms with Crippen LogP contribution >= 0.6 is 0 Å². The first-order valence-corrected chi connectivity index (χ1v) is 13.3. The molecule has 1 rings (SSSR count). The smallest absolute Gasteiger partial charge is 0.326 e. The lowest BCUT2D eigenvalue weighted by Crippen LogP contribution is -2.57. The van der Waals surface area contributed by atoms with Gasteiger partial charge in [0.15, 0.2) is 0 Å². The van der Waals surface area contributed by atoms with E-state index in [-0.39, 0.29) is 30.1 Å². The molecule has 0 radical (unpaired) electrons. The van der Waals surface area contributed by atoms with Crippen LogP contribution in [-0.4, -0.2) is 76.4 Å². The fourth-order valence-corrected chi connectivity index (χ4v) is 4.46.